The molecule has 1 aliphatic carbocycles. The van der Waals surface area contributed by atoms with Gasteiger partial charge in [0.15, 0.2) is 0 Å². The largest absolute Gasteiger partial charge is 0.340 e. The molecule has 0 aromatic heterocycles. The van der Waals surface area contributed by atoms with Crippen molar-refractivity contribution in [2.24, 2.45) is 0 Å². The van der Waals surface area contributed by atoms with Gasteiger partial charge in [-0.05, 0) is 57.1 Å². The summed E-state index contributed by atoms with van der Waals surface area (Å²) < 4.78 is 0. The van der Waals surface area contributed by atoms with Crippen molar-refractivity contribution in [2.45, 2.75) is 89.1 Å². The average molecular weight is 397 g/mol. The highest BCUT2D eigenvalue weighted by atomic mass is 16.2. The molecule has 5 nitrogen and oxygen atoms in total. The van der Waals surface area contributed by atoms with Gasteiger partial charge < -0.3 is 4.90 Å². The van der Waals surface area contributed by atoms with Gasteiger partial charge in [-0.1, -0.05) is 37.1 Å². The van der Waals surface area contributed by atoms with Crippen molar-refractivity contribution in [1.82, 2.24) is 9.80 Å². The molecule has 0 spiro atoms. The maximum absolute atomic E-state index is 13.8. The van der Waals surface area contributed by atoms with E-state index < -0.39 is 5.41 Å². The van der Waals surface area contributed by atoms with Crippen LogP contribution in [-0.2, 0) is 19.8 Å². The van der Waals surface area contributed by atoms with E-state index in [1.807, 2.05) is 36.1 Å². The molecule has 1 aromatic rings. The van der Waals surface area contributed by atoms with Crippen LogP contribution in [0, 0.1) is 6.92 Å². The van der Waals surface area contributed by atoms with Gasteiger partial charge in [-0.25, -0.2) is 0 Å². The molecule has 2 atom stereocenters. The molecular formula is C24H32N2O3. The fourth-order valence-corrected chi connectivity index (χ4v) is 5.68. The summed E-state index contributed by atoms with van der Waals surface area (Å²) in [6, 6.07) is 7.96. The van der Waals surface area contributed by atoms with Crippen LogP contribution in [0.15, 0.2) is 24.3 Å². The van der Waals surface area contributed by atoms with Crippen LogP contribution in [0.4, 0.5) is 0 Å². The Morgan fingerprint density at radius 2 is 1.76 bits per heavy atom. The van der Waals surface area contributed by atoms with Gasteiger partial charge in [0.05, 0.1) is 5.41 Å². The van der Waals surface area contributed by atoms with E-state index in [2.05, 4.69) is 6.92 Å². The number of hydrogen-bond donors (Lipinski definition) is 0. The fraction of sp³-hybridized carbons (Fsp3) is 0.625. The molecule has 3 amide bonds. The Balaban J connectivity index is 1.71. The van der Waals surface area contributed by atoms with Crippen molar-refractivity contribution in [3.05, 3.63) is 35.4 Å². The van der Waals surface area contributed by atoms with E-state index in [4.69, 9.17) is 0 Å². The minimum atomic E-state index is -1.06. The molecule has 0 N–H and O–H groups in total. The van der Waals surface area contributed by atoms with Crippen LogP contribution in [0.2, 0.25) is 0 Å². The second kappa shape index (κ2) is 7.92. The number of piperidine rings is 1. The van der Waals surface area contributed by atoms with Gasteiger partial charge in [0, 0.05) is 31.5 Å². The molecule has 2 heterocycles. The highest BCUT2D eigenvalue weighted by Crippen LogP contribution is 2.44. The average Bonchev–Trinajstić information content (AvgIpc) is 3.29. The van der Waals surface area contributed by atoms with Crippen LogP contribution in [-0.4, -0.2) is 46.1 Å². The zero-order valence-corrected chi connectivity index (χ0v) is 17.7. The molecule has 3 fully saturated rings. The Bertz CT molecular complexity index is 814. The van der Waals surface area contributed by atoms with Gasteiger partial charge >= 0.3 is 0 Å². The van der Waals surface area contributed by atoms with Crippen LogP contribution in [0.25, 0.3) is 0 Å². The standard InChI is InChI=1S/C24H32N2O3/c1-17-9-3-6-13-20(17)24(15-21(27)25-14-8-7-10-18(25)2)16-22(28)26(23(24)29)19-11-4-5-12-19/h3,6,9,13,18-19H,4-5,7-8,10-12,14-16H2,1-2H3/t18-,24+/m0/s1. The molecule has 3 aliphatic rings. The maximum atomic E-state index is 13.8. The summed E-state index contributed by atoms with van der Waals surface area (Å²) in [5.74, 6) is -0.249. The Morgan fingerprint density at radius 3 is 2.45 bits per heavy atom. The molecule has 5 heteroatoms. The summed E-state index contributed by atoms with van der Waals surface area (Å²) >= 11 is 0. The van der Waals surface area contributed by atoms with E-state index >= 15 is 0 Å². The molecule has 29 heavy (non-hydrogen) atoms. The summed E-state index contributed by atoms with van der Waals surface area (Å²) in [7, 11) is 0. The van der Waals surface area contributed by atoms with Gasteiger partial charge in [0.25, 0.3) is 0 Å². The smallest absolute Gasteiger partial charge is 0.241 e. The highest BCUT2D eigenvalue weighted by molar-refractivity contribution is 6.11. The van der Waals surface area contributed by atoms with Gasteiger partial charge in [-0.2, -0.15) is 0 Å². The van der Waals surface area contributed by atoms with Gasteiger partial charge in [-0.15, -0.1) is 0 Å². The number of carbonyl (C=O) groups is 3. The topological polar surface area (TPSA) is 57.7 Å². The molecule has 1 aromatic carbocycles. The van der Waals surface area contributed by atoms with E-state index in [9.17, 15) is 14.4 Å². The fourth-order valence-electron chi connectivity index (χ4n) is 5.68. The quantitative estimate of drug-likeness (QED) is 0.729. The van der Waals surface area contributed by atoms with Crippen LogP contribution in [0.5, 0.6) is 0 Å². The first-order valence-corrected chi connectivity index (χ1v) is 11.2. The van der Waals surface area contributed by atoms with Crippen LogP contribution < -0.4 is 0 Å². The van der Waals surface area contributed by atoms with Crippen molar-refractivity contribution in [2.75, 3.05) is 6.54 Å². The lowest BCUT2D eigenvalue weighted by Gasteiger charge is -2.37. The zero-order chi connectivity index (χ0) is 20.6. The maximum Gasteiger partial charge on any atom is 0.241 e. The number of hydrogen-bond acceptors (Lipinski definition) is 3. The van der Waals surface area contributed by atoms with E-state index in [-0.39, 0.29) is 42.6 Å². The van der Waals surface area contributed by atoms with Crippen LogP contribution >= 0.6 is 0 Å². The predicted octanol–water partition coefficient (Wildman–Crippen LogP) is 3.73. The summed E-state index contributed by atoms with van der Waals surface area (Å²) in [6.45, 7) is 4.81. The van der Waals surface area contributed by atoms with E-state index in [0.717, 1.165) is 62.6 Å². The SMILES string of the molecule is Cc1ccccc1[C@@]1(CC(=O)N2CCCC[C@@H]2C)CC(=O)N(C2CCCC2)C1=O. The van der Waals surface area contributed by atoms with Crippen molar-refractivity contribution in [1.29, 1.82) is 0 Å². The third kappa shape index (κ3) is 3.49. The van der Waals surface area contributed by atoms with Crippen molar-refractivity contribution in [3.8, 4) is 0 Å². The summed E-state index contributed by atoms with van der Waals surface area (Å²) in [6.07, 6.45) is 7.25. The van der Waals surface area contributed by atoms with Crippen molar-refractivity contribution in [3.63, 3.8) is 0 Å². The number of rotatable bonds is 4. The van der Waals surface area contributed by atoms with Crippen LogP contribution in [0.1, 0.15) is 75.8 Å². The van der Waals surface area contributed by atoms with Gasteiger partial charge in [0.2, 0.25) is 17.7 Å². The molecule has 4 rings (SSSR count). The number of likely N-dealkylation sites (tertiary alicyclic amines) is 2. The van der Waals surface area contributed by atoms with Gasteiger partial charge in [0.1, 0.15) is 0 Å². The second-order valence-electron chi connectivity index (χ2n) is 9.19. The van der Waals surface area contributed by atoms with E-state index in [1.165, 1.54) is 4.90 Å². The normalized spacial score (nSPS) is 28.4. The van der Waals surface area contributed by atoms with Crippen molar-refractivity contribution >= 4 is 17.7 Å². The second-order valence-corrected chi connectivity index (χ2v) is 9.19. The lowest BCUT2D eigenvalue weighted by Crippen LogP contribution is -2.48. The number of carbonyl (C=O) groups excluding carboxylic acids is 3. The predicted molar refractivity (Wildman–Crippen MR) is 111 cm³/mol. The number of imide groups is 1. The Kier molecular flexibility index (Phi) is 5.50. The molecule has 0 bridgehead atoms. The van der Waals surface area contributed by atoms with E-state index in [1.54, 1.807) is 0 Å². The van der Waals surface area contributed by atoms with Crippen molar-refractivity contribution < 1.29 is 14.4 Å². The lowest BCUT2D eigenvalue weighted by atomic mass is 9.73. The Labute approximate surface area is 173 Å². The molecule has 0 unspecified atom stereocenters. The minimum absolute atomic E-state index is 0.00454. The summed E-state index contributed by atoms with van der Waals surface area (Å²) in [4.78, 5) is 43.7. The third-order valence-electron chi connectivity index (χ3n) is 7.28. The first kappa shape index (κ1) is 20.1. The first-order chi connectivity index (χ1) is 13.9. The minimum Gasteiger partial charge on any atom is -0.340 e. The number of amides is 3. The molecule has 2 saturated heterocycles. The van der Waals surface area contributed by atoms with Gasteiger partial charge in [-0.3, -0.25) is 19.3 Å². The molecule has 2 aliphatic heterocycles. The zero-order valence-electron chi connectivity index (χ0n) is 17.7. The molecule has 1 saturated carbocycles. The van der Waals surface area contributed by atoms with E-state index in [0.29, 0.717) is 0 Å². The number of nitrogens with zero attached hydrogens (tertiary/aromatic N) is 2. The monoisotopic (exact) mass is 396 g/mol. The summed E-state index contributed by atoms with van der Waals surface area (Å²) in [5.41, 5.74) is 0.762. The third-order valence-corrected chi connectivity index (χ3v) is 7.28. The highest BCUT2D eigenvalue weighted by Gasteiger charge is 2.56. The number of aryl methyl sites for hydroxylation is 1. The molecule has 156 valence electrons. The van der Waals surface area contributed by atoms with Crippen LogP contribution in [0.3, 0.4) is 0 Å². The number of benzene rings is 1. The molecular weight excluding hydrogens is 364 g/mol. The Morgan fingerprint density at radius 1 is 1.07 bits per heavy atom. The Hall–Kier alpha value is -2.17. The first-order valence-electron chi connectivity index (χ1n) is 11.2. The molecule has 0 radical (unpaired) electrons. The summed E-state index contributed by atoms with van der Waals surface area (Å²) in [5, 5.41) is 0. The lowest BCUT2D eigenvalue weighted by molar-refractivity contribution is -0.145.